The van der Waals surface area contributed by atoms with Gasteiger partial charge in [0.2, 0.25) is 5.88 Å². The fourth-order valence-electron chi connectivity index (χ4n) is 1.99. The maximum atomic E-state index is 13.3. The Morgan fingerprint density at radius 2 is 1.80 bits per heavy atom. The largest absolute Gasteiger partial charge is 0.435 e. The smallest absolute Gasteiger partial charge is 0.246 e. The average Bonchev–Trinajstić information content (AvgIpc) is 2.46. The Hall–Kier alpha value is -2.69. The third-order valence-corrected chi connectivity index (χ3v) is 3.02. The highest BCUT2D eigenvalue weighted by Crippen LogP contribution is 2.31. The SMILES string of the molecule is Cc1nnc(Oc2cc(F)ccc2N)c2ccccc12. The van der Waals surface area contributed by atoms with Gasteiger partial charge in [-0.15, -0.1) is 5.10 Å². The number of aromatic nitrogens is 2. The highest BCUT2D eigenvalue weighted by atomic mass is 19.1. The molecular weight excluding hydrogens is 257 g/mol. The topological polar surface area (TPSA) is 61.0 Å². The zero-order valence-corrected chi connectivity index (χ0v) is 10.8. The lowest BCUT2D eigenvalue weighted by molar-refractivity contribution is 0.459. The first-order chi connectivity index (χ1) is 9.65. The first-order valence-electron chi connectivity index (χ1n) is 6.10. The van der Waals surface area contributed by atoms with Gasteiger partial charge in [-0.2, -0.15) is 5.10 Å². The van der Waals surface area contributed by atoms with Gasteiger partial charge in [-0.25, -0.2) is 4.39 Å². The summed E-state index contributed by atoms with van der Waals surface area (Å²) in [4.78, 5) is 0. The van der Waals surface area contributed by atoms with E-state index in [1.54, 1.807) is 0 Å². The van der Waals surface area contributed by atoms with Crippen molar-refractivity contribution in [2.45, 2.75) is 6.92 Å². The number of anilines is 1. The molecule has 4 nitrogen and oxygen atoms in total. The lowest BCUT2D eigenvalue weighted by atomic mass is 10.1. The molecule has 2 N–H and O–H groups in total. The summed E-state index contributed by atoms with van der Waals surface area (Å²) >= 11 is 0. The molecule has 3 aromatic rings. The number of rotatable bonds is 2. The number of aryl methyl sites for hydroxylation is 1. The summed E-state index contributed by atoms with van der Waals surface area (Å²) in [5.74, 6) is 0.121. The van der Waals surface area contributed by atoms with Gasteiger partial charge in [0, 0.05) is 16.8 Å². The van der Waals surface area contributed by atoms with Crippen molar-refractivity contribution in [3.63, 3.8) is 0 Å². The third kappa shape index (κ3) is 2.14. The van der Waals surface area contributed by atoms with E-state index in [2.05, 4.69) is 10.2 Å². The summed E-state index contributed by atoms with van der Waals surface area (Å²) in [6.45, 7) is 1.87. The molecule has 5 heteroatoms. The molecule has 3 rings (SSSR count). The zero-order valence-electron chi connectivity index (χ0n) is 10.8. The van der Waals surface area contributed by atoms with E-state index in [1.165, 1.54) is 18.2 Å². The average molecular weight is 269 g/mol. The van der Waals surface area contributed by atoms with Gasteiger partial charge >= 0.3 is 0 Å². The van der Waals surface area contributed by atoms with Gasteiger partial charge in [-0.1, -0.05) is 18.2 Å². The minimum absolute atomic E-state index is 0.230. The standard InChI is InChI=1S/C15H12FN3O/c1-9-11-4-2-3-5-12(11)15(19-18-9)20-14-8-10(16)6-7-13(14)17/h2-8H,17H2,1H3. The summed E-state index contributed by atoms with van der Waals surface area (Å²) in [6.07, 6.45) is 0. The fourth-order valence-corrected chi connectivity index (χ4v) is 1.99. The van der Waals surface area contributed by atoms with E-state index in [0.29, 0.717) is 11.6 Å². The molecule has 1 heterocycles. The molecule has 0 bridgehead atoms. The Morgan fingerprint density at radius 1 is 1.05 bits per heavy atom. The van der Waals surface area contributed by atoms with E-state index < -0.39 is 5.82 Å². The molecule has 0 spiro atoms. The number of hydrogen-bond donors (Lipinski definition) is 1. The van der Waals surface area contributed by atoms with Gasteiger partial charge in [0.15, 0.2) is 5.75 Å². The van der Waals surface area contributed by atoms with Crippen molar-refractivity contribution in [3.05, 3.63) is 54.0 Å². The van der Waals surface area contributed by atoms with Crippen molar-refractivity contribution in [1.82, 2.24) is 10.2 Å². The summed E-state index contributed by atoms with van der Waals surface area (Å²) in [7, 11) is 0. The second-order valence-electron chi connectivity index (χ2n) is 4.42. The second-order valence-corrected chi connectivity index (χ2v) is 4.42. The second kappa shape index (κ2) is 4.77. The molecule has 0 atom stereocenters. The summed E-state index contributed by atoms with van der Waals surface area (Å²) in [5.41, 5.74) is 6.92. The monoisotopic (exact) mass is 269 g/mol. The first-order valence-corrected chi connectivity index (χ1v) is 6.10. The molecule has 20 heavy (non-hydrogen) atoms. The molecule has 0 radical (unpaired) electrons. The van der Waals surface area contributed by atoms with Crippen molar-refractivity contribution >= 4 is 16.5 Å². The van der Waals surface area contributed by atoms with Crippen LogP contribution in [0.4, 0.5) is 10.1 Å². The Kier molecular flexibility index (Phi) is 2.95. The third-order valence-electron chi connectivity index (χ3n) is 3.02. The maximum Gasteiger partial charge on any atom is 0.246 e. The molecule has 0 unspecified atom stereocenters. The lowest BCUT2D eigenvalue weighted by Crippen LogP contribution is -1.98. The maximum absolute atomic E-state index is 13.3. The molecule has 0 amide bonds. The van der Waals surface area contributed by atoms with E-state index in [1.807, 2.05) is 31.2 Å². The van der Waals surface area contributed by atoms with E-state index in [-0.39, 0.29) is 5.75 Å². The van der Waals surface area contributed by atoms with E-state index >= 15 is 0 Å². The van der Waals surface area contributed by atoms with Crippen LogP contribution in [0.2, 0.25) is 0 Å². The lowest BCUT2D eigenvalue weighted by Gasteiger charge is -2.10. The van der Waals surface area contributed by atoms with Crippen molar-refractivity contribution in [2.75, 3.05) is 5.73 Å². The molecule has 0 aliphatic carbocycles. The minimum atomic E-state index is -0.418. The predicted molar refractivity (Wildman–Crippen MR) is 75.2 cm³/mol. The number of nitrogens with zero attached hydrogens (tertiary/aromatic N) is 2. The summed E-state index contributed by atoms with van der Waals surface area (Å²) < 4.78 is 18.9. The Balaban J connectivity index is 2.11. The van der Waals surface area contributed by atoms with Gasteiger partial charge in [-0.3, -0.25) is 0 Å². The van der Waals surface area contributed by atoms with Crippen LogP contribution in [-0.2, 0) is 0 Å². The Morgan fingerprint density at radius 3 is 2.60 bits per heavy atom. The number of nitrogens with two attached hydrogens (primary N) is 1. The van der Waals surface area contributed by atoms with Crippen LogP contribution in [-0.4, -0.2) is 10.2 Å². The van der Waals surface area contributed by atoms with E-state index in [4.69, 9.17) is 10.5 Å². The van der Waals surface area contributed by atoms with Gasteiger partial charge in [0.25, 0.3) is 0 Å². The quantitative estimate of drug-likeness (QED) is 0.724. The van der Waals surface area contributed by atoms with Crippen molar-refractivity contribution in [2.24, 2.45) is 0 Å². The first kappa shape index (κ1) is 12.3. The number of benzene rings is 2. The number of halogens is 1. The molecule has 0 aliphatic rings. The van der Waals surface area contributed by atoms with Crippen molar-refractivity contribution < 1.29 is 9.13 Å². The van der Waals surface area contributed by atoms with Gasteiger partial charge < -0.3 is 10.5 Å². The zero-order chi connectivity index (χ0) is 14.1. The van der Waals surface area contributed by atoms with Crippen LogP contribution in [0.5, 0.6) is 11.6 Å². The van der Waals surface area contributed by atoms with Crippen LogP contribution in [0, 0.1) is 12.7 Å². The van der Waals surface area contributed by atoms with Crippen molar-refractivity contribution in [1.29, 1.82) is 0 Å². The van der Waals surface area contributed by atoms with Crippen LogP contribution >= 0.6 is 0 Å². The fraction of sp³-hybridized carbons (Fsp3) is 0.0667. The normalized spacial score (nSPS) is 10.7. The highest BCUT2D eigenvalue weighted by Gasteiger charge is 2.10. The Labute approximate surface area is 115 Å². The van der Waals surface area contributed by atoms with E-state index in [9.17, 15) is 4.39 Å². The molecule has 0 aliphatic heterocycles. The van der Waals surface area contributed by atoms with E-state index in [0.717, 1.165) is 16.5 Å². The molecule has 2 aromatic carbocycles. The molecule has 0 saturated carbocycles. The highest BCUT2D eigenvalue weighted by molar-refractivity contribution is 5.88. The van der Waals surface area contributed by atoms with Crippen LogP contribution < -0.4 is 10.5 Å². The van der Waals surface area contributed by atoms with Gasteiger partial charge in [0.1, 0.15) is 5.82 Å². The summed E-state index contributed by atoms with van der Waals surface area (Å²) in [6, 6.07) is 11.6. The number of ether oxygens (including phenoxy) is 1. The molecule has 0 saturated heterocycles. The molecule has 100 valence electrons. The van der Waals surface area contributed by atoms with Crippen LogP contribution in [0.1, 0.15) is 5.69 Å². The number of hydrogen-bond acceptors (Lipinski definition) is 4. The minimum Gasteiger partial charge on any atom is -0.435 e. The number of nitrogen functional groups attached to an aromatic ring is 1. The number of fused-ring (bicyclic) bond motifs is 1. The predicted octanol–water partition coefficient (Wildman–Crippen LogP) is 3.45. The molecule has 0 fully saturated rings. The molecular formula is C15H12FN3O. The molecule has 1 aromatic heterocycles. The van der Waals surface area contributed by atoms with Gasteiger partial charge in [-0.05, 0) is 25.1 Å². The van der Waals surface area contributed by atoms with Crippen LogP contribution in [0.15, 0.2) is 42.5 Å². The van der Waals surface area contributed by atoms with Crippen LogP contribution in [0.25, 0.3) is 10.8 Å². The Bertz CT molecular complexity index is 789. The summed E-state index contributed by atoms with van der Waals surface area (Å²) in [5, 5.41) is 9.81. The van der Waals surface area contributed by atoms with Crippen LogP contribution in [0.3, 0.4) is 0 Å². The van der Waals surface area contributed by atoms with Gasteiger partial charge in [0.05, 0.1) is 11.4 Å². The van der Waals surface area contributed by atoms with Crippen molar-refractivity contribution in [3.8, 4) is 11.6 Å².